The van der Waals surface area contributed by atoms with E-state index in [4.69, 9.17) is 11.6 Å². The minimum absolute atomic E-state index is 0.208. The molecule has 18 heavy (non-hydrogen) atoms. The fourth-order valence-corrected chi connectivity index (χ4v) is 2.31. The molecular weight excluding hydrogens is 249 g/mol. The molecule has 1 nitrogen and oxygen atoms in total. The van der Waals surface area contributed by atoms with Crippen molar-refractivity contribution in [3.8, 4) is 0 Å². The van der Waals surface area contributed by atoms with Gasteiger partial charge in [-0.15, -0.1) is 0 Å². The van der Waals surface area contributed by atoms with Gasteiger partial charge in [0.2, 0.25) is 0 Å². The number of likely N-dealkylation sites (N-methyl/N-ethyl adjacent to an activating group) is 1. The Hall–Kier alpha value is -0.600. The van der Waals surface area contributed by atoms with Crippen LogP contribution in [0, 0.1) is 17.7 Å². The van der Waals surface area contributed by atoms with Crippen LogP contribution in [-0.4, -0.2) is 12.6 Å². The summed E-state index contributed by atoms with van der Waals surface area (Å²) in [6.07, 6.45) is 0.680. The van der Waals surface area contributed by atoms with Gasteiger partial charge in [-0.2, -0.15) is 0 Å². The van der Waals surface area contributed by atoms with Crippen molar-refractivity contribution in [2.45, 2.75) is 40.2 Å². The Balaban J connectivity index is 2.86. The molecule has 2 unspecified atom stereocenters. The molecule has 0 fully saturated rings. The SMILES string of the molecule is CCNC(Cc1cccc(Cl)c1F)C(C)C(C)C. The van der Waals surface area contributed by atoms with E-state index in [1.165, 1.54) is 0 Å². The van der Waals surface area contributed by atoms with E-state index < -0.39 is 0 Å². The van der Waals surface area contributed by atoms with Gasteiger partial charge in [-0.3, -0.25) is 0 Å². The molecule has 0 aliphatic rings. The van der Waals surface area contributed by atoms with E-state index in [9.17, 15) is 4.39 Å². The first-order chi connectivity index (χ1) is 8.47. The Labute approximate surface area is 115 Å². The second-order valence-electron chi connectivity index (χ2n) is 5.18. The summed E-state index contributed by atoms with van der Waals surface area (Å²) in [5.74, 6) is 0.776. The summed E-state index contributed by atoms with van der Waals surface area (Å²) in [7, 11) is 0. The van der Waals surface area contributed by atoms with Gasteiger partial charge in [0.15, 0.2) is 0 Å². The molecule has 1 rings (SSSR count). The van der Waals surface area contributed by atoms with Crippen molar-refractivity contribution < 1.29 is 4.39 Å². The summed E-state index contributed by atoms with van der Waals surface area (Å²) in [6, 6.07) is 5.50. The number of rotatable bonds is 6. The molecule has 102 valence electrons. The highest BCUT2D eigenvalue weighted by atomic mass is 35.5. The maximum atomic E-state index is 13.9. The molecule has 0 bridgehead atoms. The summed E-state index contributed by atoms with van der Waals surface area (Å²) < 4.78 is 13.9. The lowest BCUT2D eigenvalue weighted by molar-refractivity contribution is 0.298. The summed E-state index contributed by atoms with van der Waals surface area (Å²) in [4.78, 5) is 0. The number of benzene rings is 1. The fourth-order valence-electron chi connectivity index (χ4n) is 2.11. The lowest BCUT2D eigenvalue weighted by atomic mass is 9.86. The third-order valence-corrected chi connectivity index (χ3v) is 3.92. The number of hydrogen-bond donors (Lipinski definition) is 1. The molecule has 1 aromatic rings. The third kappa shape index (κ3) is 3.96. The minimum Gasteiger partial charge on any atom is -0.314 e. The predicted octanol–water partition coefficient (Wildman–Crippen LogP) is 4.29. The van der Waals surface area contributed by atoms with E-state index in [2.05, 4.69) is 33.0 Å². The smallest absolute Gasteiger partial charge is 0.145 e. The largest absolute Gasteiger partial charge is 0.314 e. The molecule has 0 saturated carbocycles. The summed E-state index contributed by atoms with van der Waals surface area (Å²) in [5, 5.41) is 3.66. The van der Waals surface area contributed by atoms with Gasteiger partial charge in [-0.1, -0.05) is 51.4 Å². The summed E-state index contributed by atoms with van der Waals surface area (Å²) >= 11 is 5.82. The fraction of sp³-hybridized carbons (Fsp3) is 0.600. The van der Waals surface area contributed by atoms with Crippen molar-refractivity contribution in [1.29, 1.82) is 0 Å². The lowest BCUT2D eigenvalue weighted by Gasteiger charge is -2.28. The van der Waals surface area contributed by atoms with Crippen LogP contribution in [0.5, 0.6) is 0 Å². The Kier molecular flexibility index (Phi) is 6.10. The quantitative estimate of drug-likeness (QED) is 0.814. The average molecular weight is 272 g/mol. The van der Waals surface area contributed by atoms with E-state index in [1.807, 2.05) is 12.1 Å². The van der Waals surface area contributed by atoms with Gasteiger partial charge < -0.3 is 5.32 Å². The molecule has 0 saturated heterocycles. The van der Waals surface area contributed by atoms with Crippen LogP contribution >= 0.6 is 11.6 Å². The Morgan fingerprint density at radius 2 is 1.94 bits per heavy atom. The van der Waals surface area contributed by atoms with E-state index >= 15 is 0 Å². The van der Waals surface area contributed by atoms with Gasteiger partial charge in [-0.05, 0) is 36.4 Å². The molecule has 0 radical (unpaired) electrons. The number of hydrogen-bond acceptors (Lipinski definition) is 1. The molecule has 1 N–H and O–H groups in total. The molecule has 0 heterocycles. The Bertz CT molecular complexity index is 379. The van der Waals surface area contributed by atoms with Crippen LogP contribution in [0.25, 0.3) is 0 Å². The van der Waals surface area contributed by atoms with E-state index in [1.54, 1.807) is 6.07 Å². The molecular formula is C15H23ClFN. The zero-order valence-electron chi connectivity index (χ0n) is 11.6. The molecule has 2 atom stereocenters. The standard InChI is InChI=1S/C15H23ClFN/c1-5-18-14(11(4)10(2)3)9-12-7-6-8-13(16)15(12)17/h6-8,10-11,14,18H,5,9H2,1-4H3. The van der Waals surface area contributed by atoms with Crippen LogP contribution in [0.2, 0.25) is 5.02 Å². The molecule has 3 heteroatoms. The molecule has 0 amide bonds. The Morgan fingerprint density at radius 1 is 1.28 bits per heavy atom. The average Bonchev–Trinajstić information content (AvgIpc) is 2.33. The third-order valence-electron chi connectivity index (χ3n) is 3.62. The zero-order valence-corrected chi connectivity index (χ0v) is 12.4. The minimum atomic E-state index is -0.280. The second kappa shape index (κ2) is 7.10. The summed E-state index contributed by atoms with van der Waals surface area (Å²) in [6.45, 7) is 9.57. The van der Waals surface area contributed by atoms with Crippen LogP contribution < -0.4 is 5.32 Å². The molecule has 0 aliphatic carbocycles. The molecule has 0 aliphatic heterocycles. The number of halogens is 2. The van der Waals surface area contributed by atoms with E-state index in [0.717, 1.165) is 6.54 Å². The normalized spacial score (nSPS) is 14.8. The highest BCUT2D eigenvalue weighted by Gasteiger charge is 2.21. The van der Waals surface area contributed by atoms with Crippen molar-refractivity contribution in [3.05, 3.63) is 34.6 Å². The van der Waals surface area contributed by atoms with E-state index in [-0.39, 0.29) is 16.9 Å². The van der Waals surface area contributed by atoms with Gasteiger partial charge in [-0.25, -0.2) is 4.39 Å². The van der Waals surface area contributed by atoms with Crippen molar-refractivity contribution >= 4 is 11.6 Å². The first kappa shape index (κ1) is 15.5. The first-order valence-electron chi connectivity index (χ1n) is 6.63. The van der Waals surface area contributed by atoms with E-state index in [0.29, 0.717) is 23.8 Å². The molecule has 0 spiro atoms. The van der Waals surface area contributed by atoms with Crippen molar-refractivity contribution in [2.75, 3.05) is 6.54 Å². The zero-order chi connectivity index (χ0) is 13.7. The van der Waals surface area contributed by atoms with Crippen molar-refractivity contribution in [1.82, 2.24) is 5.32 Å². The van der Waals surface area contributed by atoms with Crippen LogP contribution in [-0.2, 0) is 6.42 Å². The summed E-state index contributed by atoms with van der Waals surface area (Å²) in [5.41, 5.74) is 0.695. The predicted molar refractivity (Wildman–Crippen MR) is 76.6 cm³/mol. The maximum Gasteiger partial charge on any atom is 0.145 e. The van der Waals surface area contributed by atoms with Crippen LogP contribution in [0.3, 0.4) is 0 Å². The lowest BCUT2D eigenvalue weighted by Crippen LogP contribution is -2.39. The second-order valence-corrected chi connectivity index (χ2v) is 5.59. The Morgan fingerprint density at radius 3 is 2.50 bits per heavy atom. The highest BCUT2D eigenvalue weighted by Crippen LogP contribution is 2.23. The monoisotopic (exact) mass is 271 g/mol. The topological polar surface area (TPSA) is 12.0 Å². The highest BCUT2D eigenvalue weighted by molar-refractivity contribution is 6.30. The number of nitrogens with one attached hydrogen (secondary N) is 1. The first-order valence-corrected chi connectivity index (χ1v) is 7.01. The maximum absolute atomic E-state index is 13.9. The van der Waals surface area contributed by atoms with Crippen LogP contribution in [0.15, 0.2) is 18.2 Å². The van der Waals surface area contributed by atoms with Crippen molar-refractivity contribution in [3.63, 3.8) is 0 Å². The molecule has 0 aromatic heterocycles. The van der Waals surface area contributed by atoms with Gasteiger partial charge in [0.05, 0.1) is 5.02 Å². The van der Waals surface area contributed by atoms with Gasteiger partial charge in [0.1, 0.15) is 5.82 Å². The van der Waals surface area contributed by atoms with Crippen LogP contribution in [0.4, 0.5) is 4.39 Å². The van der Waals surface area contributed by atoms with Gasteiger partial charge in [0, 0.05) is 6.04 Å². The van der Waals surface area contributed by atoms with Crippen molar-refractivity contribution in [2.24, 2.45) is 11.8 Å². The van der Waals surface area contributed by atoms with Gasteiger partial charge >= 0.3 is 0 Å². The van der Waals surface area contributed by atoms with Crippen LogP contribution in [0.1, 0.15) is 33.3 Å². The molecule has 1 aromatic carbocycles. The van der Waals surface area contributed by atoms with Gasteiger partial charge in [0.25, 0.3) is 0 Å².